The summed E-state index contributed by atoms with van der Waals surface area (Å²) in [6.07, 6.45) is 0. The summed E-state index contributed by atoms with van der Waals surface area (Å²) < 4.78 is 10.0. The van der Waals surface area contributed by atoms with Crippen molar-refractivity contribution in [1.29, 1.82) is 0 Å². The SMILES string of the molecule is O=C(O)c1cc2c(c(O)c1Br)OCO2. The van der Waals surface area contributed by atoms with Crippen LogP contribution in [-0.2, 0) is 0 Å². The lowest BCUT2D eigenvalue weighted by atomic mass is 10.2. The molecule has 2 rings (SSSR count). The molecule has 0 bridgehead atoms. The summed E-state index contributed by atoms with van der Waals surface area (Å²) in [5, 5.41) is 18.3. The van der Waals surface area contributed by atoms with Crippen LogP contribution in [0.5, 0.6) is 17.2 Å². The third kappa shape index (κ3) is 1.19. The summed E-state index contributed by atoms with van der Waals surface area (Å²) in [5.74, 6) is -0.993. The third-order valence-electron chi connectivity index (χ3n) is 1.81. The summed E-state index contributed by atoms with van der Waals surface area (Å²) >= 11 is 2.97. The molecule has 2 N–H and O–H groups in total. The lowest BCUT2D eigenvalue weighted by molar-refractivity contribution is 0.0695. The minimum Gasteiger partial charge on any atom is -0.503 e. The van der Waals surface area contributed by atoms with Crippen LogP contribution in [0.4, 0.5) is 0 Å². The number of hydrogen-bond donors (Lipinski definition) is 2. The van der Waals surface area contributed by atoms with Crippen LogP contribution in [0.3, 0.4) is 0 Å². The second kappa shape index (κ2) is 3.06. The Bertz CT molecular complexity index is 415. The molecule has 0 aliphatic carbocycles. The fourth-order valence-corrected chi connectivity index (χ4v) is 1.62. The van der Waals surface area contributed by atoms with Crippen molar-refractivity contribution in [2.24, 2.45) is 0 Å². The number of ether oxygens (including phenoxy) is 2. The van der Waals surface area contributed by atoms with Crippen LogP contribution in [0.25, 0.3) is 0 Å². The Hall–Kier alpha value is -1.43. The molecule has 0 unspecified atom stereocenters. The average Bonchev–Trinajstić information content (AvgIpc) is 2.58. The molecule has 0 fully saturated rings. The van der Waals surface area contributed by atoms with E-state index in [4.69, 9.17) is 14.6 Å². The fraction of sp³-hybridized carbons (Fsp3) is 0.125. The van der Waals surface area contributed by atoms with E-state index in [0.717, 1.165) is 0 Å². The van der Waals surface area contributed by atoms with Crippen LogP contribution in [0.15, 0.2) is 10.5 Å². The van der Waals surface area contributed by atoms with Crippen molar-refractivity contribution in [2.75, 3.05) is 6.79 Å². The second-order valence-corrected chi connectivity index (χ2v) is 3.42. The van der Waals surface area contributed by atoms with Gasteiger partial charge in [-0.05, 0) is 15.9 Å². The Labute approximate surface area is 87.0 Å². The Morgan fingerprint density at radius 3 is 2.86 bits per heavy atom. The molecule has 74 valence electrons. The number of rotatable bonds is 1. The molecule has 0 radical (unpaired) electrons. The highest BCUT2D eigenvalue weighted by molar-refractivity contribution is 9.10. The van der Waals surface area contributed by atoms with Gasteiger partial charge in [0.25, 0.3) is 0 Å². The molecule has 1 aromatic rings. The molecule has 1 aliphatic heterocycles. The highest BCUT2D eigenvalue weighted by Gasteiger charge is 2.25. The van der Waals surface area contributed by atoms with E-state index in [1.165, 1.54) is 6.07 Å². The van der Waals surface area contributed by atoms with Gasteiger partial charge in [-0.25, -0.2) is 4.79 Å². The molecule has 0 atom stereocenters. The number of aromatic hydroxyl groups is 1. The molecule has 0 aromatic heterocycles. The van der Waals surface area contributed by atoms with Gasteiger partial charge in [0.05, 0.1) is 10.0 Å². The van der Waals surface area contributed by atoms with Crippen molar-refractivity contribution in [1.82, 2.24) is 0 Å². The lowest BCUT2D eigenvalue weighted by Gasteiger charge is -2.04. The van der Waals surface area contributed by atoms with Crippen LogP contribution < -0.4 is 9.47 Å². The zero-order valence-electron chi connectivity index (χ0n) is 6.78. The molecule has 1 aromatic carbocycles. The van der Waals surface area contributed by atoms with Crippen LogP contribution >= 0.6 is 15.9 Å². The first-order chi connectivity index (χ1) is 6.61. The molecular formula is C8H5BrO5. The van der Waals surface area contributed by atoms with Crippen molar-refractivity contribution in [2.45, 2.75) is 0 Å². The van der Waals surface area contributed by atoms with Crippen molar-refractivity contribution >= 4 is 21.9 Å². The summed E-state index contributed by atoms with van der Waals surface area (Å²) in [6, 6.07) is 1.30. The number of phenols is 1. The van der Waals surface area contributed by atoms with E-state index >= 15 is 0 Å². The zero-order valence-corrected chi connectivity index (χ0v) is 8.37. The number of carbonyl (C=O) groups is 1. The maximum absolute atomic E-state index is 10.7. The van der Waals surface area contributed by atoms with E-state index in [0.29, 0.717) is 0 Å². The molecule has 14 heavy (non-hydrogen) atoms. The van der Waals surface area contributed by atoms with Crippen molar-refractivity contribution in [3.8, 4) is 17.2 Å². The smallest absolute Gasteiger partial charge is 0.337 e. The van der Waals surface area contributed by atoms with E-state index in [1.807, 2.05) is 0 Å². The van der Waals surface area contributed by atoms with Crippen molar-refractivity contribution in [3.63, 3.8) is 0 Å². The van der Waals surface area contributed by atoms with Gasteiger partial charge in [0, 0.05) is 6.07 Å². The van der Waals surface area contributed by atoms with Crippen LogP contribution in [0, 0.1) is 0 Å². The van der Waals surface area contributed by atoms with Gasteiger partial charge in [0.1, 0.15) is 0 Å². The third-order valence-corrected chi connectivity index (χ3v) is 2.61. The standard InChI is InChI=1S/C8H5BrO5/c9-5-3(8(11)12)1-4-7(6(5)10)14-2-13-4/h1,10H,2H2,(H,11,12). The van der Waals surface area contributed by atoms with E-state index in [-0.39, 0.29) is 34.1 Å². The Kier molecular flexibility index (Phi) is 1.99. The number of hydrogen-bond acceptors (Lipinski definition) is 4. The van der Waals surface area contributed by atoms with Crippen LogP contribution in [0.1, 0.15) is 10.4 Å². The minimum absolute atomic E-state index is 0.0155. The summed E-state index contributed by atoms with van der Waals surface area (Å²) in [5.41, 5.74) is -0.0632. The second-order valence-electron chi connectivity index (χ2n) is 2.63. The first kappa shape index (κ1) is 9.14. The molecule has 1 aliphatic rings. The number of phenolic OH excluding ortho intramolecular Hbond substituents is 1. The fourth-order valence-electron chi connectivity index (χ4n) is 1.16. The number of carboxylic acid groups (broad SMARTS) is 1. The summed E-state index contributed by atoms with van der Waals surface area (Å²) in [6.45, 7) is -0.0155. The molecule has 6 heteroatoms. The van der Waals surface area contributed by atoms with Gasteiger partial charge >= 0.3 is 5.97 Å². The monoisotopic (exact) mass is 260 g/mol. The zero-order chi connectivity index (χ0) is 10.3. The average molecular weight is 261 g/mol. The number of fused-ring (bicyclic) bond motifs is 1. The van der Waals surface area contributed by atoms with Gasteiger partial charge in [0.15, 0.2) is 11.5 Å². The molecule has 0 amide bonds. The molecule has 0 spiro atoms. The van der Waals surface area contributed by atoms with Gasteiger partial charge in [0.2, 0.25) is 12.5 Å². The highest BCUT2D eigenvalue weighted by atomic mass is 79.9. The first-order valence-corrected chi connectivity index (χ1v) is 4.45. The van der Waals surface area contributed by atoms with E-state index in [9.17, 15) is 9.90 Å². The maximum atomic E-state index is 10.7. The van der Waals surface area contributed by atoms with Gasteiger partial charge in [-0.15, -0.1) is 0 Å². The van der Waals surface area contributed by atoms with Gasteiger partial charge in [-0.3, -0.25) is 0 Å². The topological polar surface area (TPSA) is 76.0 Å². The maximum Gasteiger partial charge on any atom is 0.337 e. The number of halogens is 1. The number of benzene rings is 1. The van der Waals surface area contributed by atoms with Crippen LogP contribution in [0.2, 0.25) is 0 Å². The molecular weight excluding hydrogens is 256 g/mol. The summed E-state index contributed by atoms with van der Waals surface area (Å²) in [7, 11) is 0. The van der Waals surface area contributed by atoms with Crippen LogP contribution in [-0.4, -0.2) is 23.0 Å². The van der Waals surface area contributed by atoms with E-state index < -0.39 is 5.97 Å². The predicted molar refractivity (Wildman–Crippen MR) is 48.9 cm³/mol. The first-order valence-electron chi connectivity index (χ1n) is 3.65. The molecule has 0 saturated heterocycles. The number of aromatic carboxylic acids is 1. The molecule has 1 heterocycles. The largest absolute Gasteiger partial charge is 0.503 e. The normalized spacial score (nSPS) is 12.9. The van der Waals surface area contributed by atoms with Gasteiger partial charge in [-0.2, -0.15) is 0 Å². The predicted octanol–water partition coefficient (Wildman–Crippen LogP) is 1.58. The van der Waals surface area contributed by atoms with Crippen molar-refractivity contribution in [3.05, 3.63) is 16.1 Å². The Morgan fingerprint density at radius 2 is 2.21 bits per heavy atom. The van der Waals surface area contributed by atoms with Gasteiger partial charge in [-0.1, -0.05) is 0 Å². The van der Waals surface area contributed by atoms with Crippen molar-refractivity contribution < 1.29 is 24.5 Å². The Morgan fingerprint density at radius 1 is 1.50 bits per heavy atom. The summed E-state index contributed by atoms with van der Waals surface area (Å²) in [4.78, 5) is 10.7. The minimum atomic E-state index is -1.15. The highest BCUT2D eigenvalue weighted by Crippen LogP contribution is 2.46. The lowest BCUT2D eigenvalue weighted by Crippen LogP contribution is -1.97. The van der Waals surface area contributed by atoms with E-state index in [1.54, 1.807) is 0 Å². The number of carboxylic acids is 1. The molecule has 0 saturated carbocycles. The van der Waals surface area contributed by atoms with Gasteiger partial charge < -0.3 is 19.7 Å². The molecule has 5 nitrogen and oxygen atoms in total. The Balaban J connectivity index is 2.67. The quantitative estimate of drug-likeness (QED) is 0.802. The van der Waals surface area contributed by atoms with E-state index in [2.05, 4.69) is 15.9 Å².